The van der Waals surface area contributed by atoms with Gasteiger partial charge in [0, 0.05) is 24.0 Å². The highest BCUT2D eigenvalue weighted by Crippen LogP contribution is 2.19. The van der Waals surface area contributed by atoms with Crippen LogP contribution in [0.25, 0.3) is 5.69 Å². The summed E-state index contributed by atoms with van der Waals surface area (Å²) in [6.07, 6.45) is 1.74. The molecule has 4 rings (SSSR count). The van der Waals surface area contributed by atoms with Gasteiger partial charge in [0.25, 0.3) is 5.91 Å². The zero-order chi connectivity index (χ0) is 23.4. The smallest absolute Gasteiger partial charge is 0.272 e. The van der Waals surface area contributed by atoms with E-state index in [0.717, 1.165) is 28.4 Å². The van der Waals surface area contributed by atoms with Crippen LogP contribution in [0.1, 0.15) is 52.8 Å². The molecule has 7 heteroatoms. The molecule has 0 aliphatic heterocycles. The van der Waals surface area contributed by atoms with Crippen LogP contribution < -0.4 is 10.1 Å². The average Bonchev–Trinajstić information content (AvgIpc) is 3.41. The Labute approximate surface area is 194 Å². The number of carbonyl (C=O) groups is 1. The lowest BCUT2D eigenvalue weighted by Gasteiger charge is -2.09. The molecular weight excluding hydrogens is 414 g/mol. The van der Waals surface area contributed by atoms with Crippen molar-refractivity contribution in [3.8, 4) is 11.4 Å². The summed E-state index contributed by atoms with van der Waals surface area (Å²) in [5.74, 6) is 1.01. The van der Waals surface area contributed by atoms with Crippen LogP contribution in [0, 0.1) is 13.8 Å². The summed E-state index contributed by atoms with van der Waals surface area (Å²) >= 11 is 0. The van der Waals surface area contributed by atoms with Crippen LogP contribution in [0.3, 0.4) is 0 Å². The van der Waals surface area contributed by atoms with Crippen molar-refractivity contribution < 1.29 is 9.53 Å². The number of amides is 1. The summed E-state index contributed by atoms with van der Waals surface area (Å²) in [5.41, 5.74) is 5.49. The molecule has 1 amide bonds. The number of hydrogen-bond acceptors (Lipinski definition) is 4. The van der Waals surface area contributed by atoms with E-state index in [2.05, 4.69) is 41.5 Å². The second-order valence-corrected chi connectivity index (χ2v) is 8.32. The molecule has 1 N–H and O–H groups in total. The van der Waals surface area contributed by atoms with E-state index < -0.39 is 0 Å². The van der Waals surface area contributed by atoms with E-state index in [1.165, 1.54) is 5.56 Å². The molecule has 0 aliphatic carbocycles. The van der Waals surface area contributed by atoms with E-state index in [9.17, 15) is 4.79 Å². The Kier molecular flexibility index (Phi) is 6.58. The van der Waals surface area contributed by atoms with Crippen LogP contribution in [0.2, 0.25) is 0 Å². The number of carbonyl (C=O) groups excluding carboxylic acids is 1. The Bertz CT molecular complexity index is 1220. The molecule has 0 saturated heterocycles. The lowest BCUT2D eigenvalue weighted by atomic mass is 10.0. The van der Waals surface area contributed by atoms with E-state index >= 15 is 0 Å². The topological polar surface area (TPSA) is 74.0 Å². The molecular formula is C26H29N5O2. The Balaban J connectivity index is 1.35. The standard InChI is InChI=1S/C26H29N5O2/c1-18(2)21-10-12-23(13-11-21)33-17-30-15-14-25(29-30)26(32)27-16-24-19(3)28-31(20(24)4)22-8-6-5-7-9-22/h5-15,18H,16-17H2,1-4H3,(H,27,32). The van der Waals surface area contributed by atoms with Gasteiger partial charge in [-0.05, 0) is 55.7 Å². The second kappa shape index (κ2) is 9.73. The first kappa shape index (κ1) is 22.3. The van der Waals surface area contributed by atoms with Crippen LogP contribution >= 0.6 is 0 Å². The van der Waals surface area contributed by atoms with Gasteiger partial charge in [-0.2, -0.15) is 10.2 Å². The van der Waals surface area contributed by atoms with E-state index in [1.807, 2.05) is 61.0 Å². The van der Waals surface area contributed by atoms with Crippen LogP contribution in [0.5, 0.6) is 5.75 Å². The van der Waals surface area contributed by atoms with Gasteiger partial charge in [-0.25, -0.2) is 9.36 Å². The molecule has 0 atom stereocenters. The Morgan fingerprint density at radius 1 is 1.00 bits per heavy atom. The van der Waals surface area contributed by atoms with Gasteiger partial charge < -0.3 is 10.1 Å². The zero-order valence-electron chi connectivity index (χ0n) is 19.4. The van der Waals surface area contributed by atoms with Crippen molar-refractivity contribution in [2.24, 2.45) is 0 Å². The highest BCUT2D eigenvalue weighted by Gasteiger charge is 2.15. The van der Waals surface area contributed by atoms with Gasteiger partial charge >= 0.3 is 0 Å². The molecule has 0 saturated carbocycles. The van der Waals surface area contributed by atoms with Crippen molar-refractivity contribution in [1.29, 1.82) is 0 Å². The molecule has 0 radical (unpaired) electrons. The Hall–Kier alpha value is -3.87. The van der Waals surface area contributed by atoms with Gasteiger partial charge in [0.15, 0.2) is 6.73 Å². The minimum absolute atomic E-state index is 0.233. The minimum atomic E-state index is -0.235. The molecule has 7 nitrogen and oxygen atoms in total. The van der Waals surface area contributed by atoms with Crippen molar-refractivity contribution in [2.45, 2.75) is 46.9 Å². The average molecular weight is 444 g/mol. The lowest BCUT2D eigenvalue weighted by Crippen LogP contribution is -2.24. The minimum Gasteiger partial charge on any atom is -0.471 e. The number of nitrogens with zero attached hydrogens (tertiary/aromatic N) is 4. The highest BCUT2D eigenvalue weighted by molar-refractivity contribution is 5.92. The number of nitrogens with one attached hydrogen (secondary N) is 1. The number of para-hydroxylation sites is 1. The first-order valence-electron chi connectivity index (χ1n) is 11.1. The summed E-state index contributed by atoms with van der Waals surface area (Å²) in [6.45, 7) is 8.89. The quantitative estimate of drug-likeness (QED) is 0.425. The first-order valence-corrected chi connectivity index (χ1v) is 11.1. The Morgan fingerprint density at radius 2 is 1.73 bits per heavy atom. The number of benzene rings is 2. The highest BCUT2D eigenvalue weighted by atomic mass is 16.5. The van der Waals surface area contributed by atoms with E-state index in [4.69, 9.17) is 4.74 Å². The van der Waals surface area contributed by atoms with Gasteiger partial charge in [-0.1, -0.05) is 44.2 Å². The summed E-state index contributed by atoms with van der Waals surface area (Å²) in [7, 11) is 0. The molecule has 0 unspecified atom stereocenters. The molecule has 0 fully saturated rings. The van der Waals surface area contributed by atoms with E-state index in [-0.39, 0.29) is 12.6 Å². The van der Waals surface area contributed by atoms with Crippen molar-refractivity contribution in [1.82, 2.24) is 24.9 Å². The summed E-state index contributed by atoms with van der Waals surface area (Å²) < 4.78 is 9.29. The summed E-state index contributed by atoms with van der Waals surface area (Å²) in [4.78, 5) is 12.7. The third-order valence-electron chi connectivity index (χ3n) is 5.65. The predicted octanol–water partition coefficient (Wildman–Crippen LogP) is 4.78. The molecule has 2 aromatic heterocycles. The molecule has 0 bridgehead atoms. The molecule has 2 heterocycles. The second-order valence-electron chi connectivity index (χ2n) is 8.32. The van der Waals surface area contributed by atoms with Gasteiger partial charge in [-0.15, -0.1) is 0 Å². The number of aryl methyl sites for hydroxylation is 1. The predicted molar refractivity (Wildman–Crippen MR) is 128 cm³/mol. The number of ether oxygens (including phenoxy) is 1. The molecule has 0 aliphatic rings. The summed E-state index contributed by atoms with van der Waals surface area (Å²) in [6, 6.07) is 19.7. The van der Waals surface area contributed by atoms with Crippen LogP contribution in [-0.4, -0.2) is 25.5 Å². The third kappa shape index (κ3) is 5.14. The van der Waals surface area contributed by atoms with E-state index in [0.29, 0.717) is 18.2 Å². The summed E-state index contributed by atoms with van der Waals surface area (Å²) in [5, 5.41) is 11.9. The normalized spacial score (nSPS) is 11.1. The fraction of sp³-hybridized carbons (Fsp3) is 0.269. The fourth-order valence-electron chi connectivity index (χ4n) is 3.65. The molecule has 4 aromatic rings. The first-order chi connectivity index (χ1) is 15.9. The maximum atomic E-state index is 12.7. The lowest BCUT2D eigenvalue weighted by molar-refractivity contribution is 0.0943. The van der Waals surface area contributed by atoms with Crippen molar-refractivity contribution in [3.63, 3.8) is 0 Å². The Morgan fingerprint density at radius 3 is 2.42 bits per heavy atom. The van der Waals surface area contributed by atoms with Gasteiger partial charge in [0.1, 0.15) is 11.4 Å². The molecule has 0 spiro atoms. The largest absolute Gasteiger partial charge is 0.471 e. The number of aromatic nitrogens is 4. The third-order valence-corrected chi connectivity index (χ3v) is 5.65. The maximum absolute atomic E-state index is 12.7. The maximum Gasteiger partial charge on any atom is 0.272 e. The molecule has 2 aromatic carbocycles. The van der Waals surface area contributed by atoms with Crippen molar-refractivity contribution in [3.05, 3.63) is 95.1 Å². The zero-order valence-corrected chi connectivity index (χ0v) is 19.4. The SMILES string of the molecule is Cc1nn(-c2ccccc2)c(C)c1CNC(=O)c1ccn(COc2ccc(C(C)C)cc2)n1. The van der Waals surface area contributed by atoms with Gasteiger partial charge in [-0.3, -0.25) is 4.79 Å². The fourth-order valence-corrected chi connectivity index (χ4v) is 3.65. The van der Waals surface area contributed by atoms with Gasteiger partial charge in [0.2, 0.25) is 0 Å². The molecule has 33 heavy (non-hydrogen) atoms. The van der Waals surface area contributed by atoms with E-state index in [1.54, 1.807) is 16.9 Å². The van der Waals surface area contributed by atoms with Gasteiger partial charge in [0.05, 0.1) is 11.4 Å². The number of rotatable bonds is 8. The monoisotopic (exact) mass is 443 g/mol. The van der Waals surface area contributed by atoms with Crippen LogP contribution in [0.4, 0.5) is 0 Å². The molecule has 170 valence electrons. The van der Waals surface area contributed by atoms with Crippen molar-refractivity contribution >= 4 is 5.91 Å². The van der Waals surface area contributed by atoms with Crippen LogP contribution in [0.15, 0.2) is 66.9 Å². The van der Waals surface area contributed by atoms with Crippen LogP contribution in [-0.2, 0) is 13.3 Å². The number of hydrogen-bond donors (Lipinski definition) is 1. The van der Waals surface area contributed by atoms with Crippen molar-refractivity contribution in [2.75, 3.05) is 0 Å².